The standard InChI is InChI=1S/C14H25N3/c1-12-8-10-17(11-13(16-12)7-9-15)14-5-3-2-4-6-14/h12-14,16H,2-8,10-11H2,1H3. The summed E-state index contributed by atoms with van der Waals surface area (Å²) < 4.78 is 0. The summed E-state index contributed by atoms with van der Waals surface area (Å²) in [5.74, 6) is 0. The average molecular weight is 235 g/mol. The molecule has 2 rings (SSSR count). The molecule has 3 nitrogen and oxygen atoms in total. The summed E-state index contributed by atoms with van der Waals surface area (Å²) in [5, 5.41) is 12.5. The minimum Gasteiger partial charge on any atom is -0.309 e. The number of nitriles is 1. The minimum absolute atomic E-state index is 0.374. The summed E-state index contributed by atoms with van der Waals surface area (Å²) in [6.07, 6.45) is 8.81. The smallest absolute Gasteiger partial charge is 0.0638 e. The topological polar surface area (TPSA) is 39.1 Å². The van der Waals surface area contributed by atoms with Gasteiger partial charge >= 0.3 is 0 Å². The van der Waals surface area contributed by atoms with Gasteiger partial charge in [-0.2, -0.15) is 5.26 Å². The molecule has 3 heteroatoms. The van der Waals surface area contributed by atoms with Crippen molar-refractivity contribution in [2.45, 2.75) is 70.0 Å². The quantitative estimate of drug-likeness (QED) is 0.798. The maximum absolute atomic E-state index is 8.88. The Morgan fingerprint density at radius 3 is 2.71 bits per heavy atom. The van der Waals surface area contributed by atoms with Gasteiger partial charge in [0.05, 0.1) is 12.5 Å². The van der Waals surface area contributed by atoms with Gasteiger partial charge in [-0.05, 0) is 32.7 Å². The summed E-state index contributed by atoms with van der Waals surface area (Å²) in [6, 6.07) is 4.04. The number of hydrogen-bond acceptors (Lipinski definition) is 3. The van der Waals surface area contributed by atoms with Gasteiger partial charge in [-0.25, -0.2) is 0 Å². The lowest BCUT2D eigenvalue weighted by atomic mass is 9.93. The zero-order valence-electron chi connectivity index (χ0n) is 11.0. The fraction of sp³-hybridized carbons (Fsp3) is 0.929. The third-order valence-electron chi connectivity index (χ3n) is 4.25. The van der Waals surface area contributed by atoms with Crippen LogP contribution in [0.1, 0.15) is 51.9 Å². The molecule has 1 saturated carbocycles. The molecule has 0 radical (unpaired) electrons. The Bertz CT molecular complexity index is 265. The highest BCUT2D eigenvalue weighted by Crippen LogP contribution is 2.24. The molecule has 17 heavy (non-hydrogen) atoms. The van der Waals surface area contributed by atoms with E-state index in [1.165, 1.54) is 45.1 Å². The van der Waals surface area contributed by atoms with E-state index in [1.54, 1.807) is 0 Å². The van der Waals surface area contributed by atoms with Crippen LogP contribution in [0.15, 0.2) is 0 Å². The van der Waals surface area contributed by atoms with Crippen LogP contribution >= 0.6 is 0 Å². The van der Waals surface area contributed by atoms with E-state index in [-0.39, 0.29) is 0 Å². The molecule has 1 saturated heterocycles. The second-order valence-electron chi connectivity index (χ2n) is 5.70. The summed E-state index contributed by atoms with van der Waals surface area (Å²) >= 11 is 0. The van der Waals surface area contributed by atoms with E-state index in [0.29, 0.717) is 18.5 Å². The molecule has 2 aliphatic rings. The minimum atomic E-state index is 0.374. The van der Waals surface area contributed by atoms with Gasteiger partial charge in [0.15, 0.2) is 0 Å². The van der Waals surface area contributed by atoms with Gasteiger partial charge in [0.1, 0.15) is 0 Å². The monoisotopic (exact) mass is 235 g/mol. The van der Waals surface area contributed by atoms with Gasteiger partial charge in [-0.3, -0.25) is 4.90 Å². The predicted molar refractivity (Wildman–Crippen MR) is 69.7 cm³/mol. The molecule has 0 spiro atoms. The van der Waals surface area contributed by atoms with Gasteiger partial charge < -0.3 is 5.32 Å². The number of hydrogen-bond donors (Lipinski definition) is 1. The first kappa shape index (κ1) is 12.9. The van der Waals surface area contributed by atoms with Crippen molar-refractivity contribution in [1.82, 2.24) is 10.2 Å². The highest BCUT2D eigenvalue weighted by molar-refractivity contribution is 4.90. The Morgan fingerprint density at radius 1 is 1.24 bits per heavy atom. The highest BCUT2D eigenvalue weighted by atomic mass is 15.2. The fourth-order valence-corrected chi connectivity index (χ4v) is 3.28. The maximum atomic E-state index is 8.88. The zero-order chi connectivity index (χ0) is 12.1. The Morgan fingerprint density at radius 2 is 2.00 bits per heavy atom. The van der Waals surface area contributed by atoms with Crippen molar-refractivity contribution in [2.75, 3.05) is 13.1 Å². The van der Waals surface area contributed by atoms with Crippen LogP contribution < -0.4 is 5.32 Å². The van der Waals surface area contributed by atoms with E-state index in [0.717, 1.165) is 12.6 Å². The molecule has 1 heterocycles. The van der Waals surface area contributed by atoms with E-state index in [2.05, 4.69) is 23.2 Å². The zero-order valence-corrected chi connectivity index (χ0v) is 11.0. The Balaban J connectivity index is 1.93. The van der Waals surface area contributed by atoms with Crippen LogP contribution in [-0.2, 0) is 0 Å². The Hall–Kier alpha value is -0.590. The third kappa shape index (κ3) is 3.69. The molecule has 96 valence electrons. The molecule has 1 aliphatic heterocycles. The second kappa shape index (κ2) is 6.37. The highest BCUT2D eigenvalue weighted by Gasteiger charge is 2.27. The molecule has 1 aliphatic carbocycles. The molecular formula is C14H25N3. The summed E-state index contributed by atoms with van der Waals surface area (Å²) in [7, 11) is 0. The van der Waals surface area contributed by atoms with Crippen LogP contribution in [0.3, 0.4) is 0 Å². The van der Waals surface area contributed by atoms with E-state index in [4.69, 9.17) is 5.26 Å². The van der Waals surface area contributed by atoms with E-state index < -0.39 is 0 Å². The van der Waals surface area contributed by atoms with E-state index >= 15 is 0 Å². The van der Waals surface area contributed by atoms with Crippen molar-refractivity contribution in [3.8, 4) is 6.07 Å². The van der Waals surface area contributed by atoms with E-state index in [1.807, 2.05) is 0 Å². The van der Waals surface area contributed by atoms with Gasteiger partial charge in [0, 0.05) is 24.7 Å². The average Bonchev–Trinajstić information content (AvgIpc) is 2.53. The molecule has 2 fully saturated rings. The molecule has 0 aromatic rings. The SMILES string of the molecule is CC1CCN(C2CCCCC2)CC(CC#N)N1. The van der Waals surface area contributed by atoms with Crippen molar-refractivity contribution >= 4 is 0 Å². The molecular weight excluding hydrogens is 210 g/mol. The van der Waals surface area contributed by atoms with Crippen LogP contribution in [-0.4, -0.2) is 36.1 Å². The lowest BCUT2D eigenvalue weighted by molar-refractivity contribution is 0.154. The molecule has 0 aromatic carbocycles. The lowest BCUT2D eigenvalue weighted by Crippen LogP contribution is -2.44. The lowest BCUT2D eigenvalue weighted by Gasteiger charge is -2.34. The van der Waals surface area contributed by atoms with Crippen LogP contribution in [0.2, 0.25) is 0 Å². The predicted octanol–water partition coefficient (Wildman–Crippen LogP) is 2.29. The van der Waals surface area contributed by atoms with Crippen molar-refractivity contribution < 1.29 is 0 Å². The Kier molecular flexibility index (Phi) is 4.82. The Labute approximate surface area is 105 Å². The summed E-state index contributed by atoms with van der Waals surface area (Å²) in [4.78, 5) is 2.65. The first-order valence-electron chi connectivity index (χ1n) is 7.16. The molecule has 2 unspecified atom stereocenters. The molecule has 0 aromatic heterocycles. The normalized spacial score (nSPS) is 32.9. The van der Waals surface area contributed by atoms with Crippen molar-refractivity contribution in [2.24, 2.45) is 0 Å². The first-order chi connectivity index (χ1) is 8.29. The molecule has 2 atom stereocenters. The largest absolute Gasteiger partial charge is 0.309 e. The molecule has 0 amide bonds. The number of nitrogens with one attached hydrogen (secondary N) is 1. The second-order valence-corrected chi connectivity index (χ2v) is 5.70. The number of rotatable bonds is 2. The van der Waals surface area contributed by atoms with Crippen molar-refractivity contribution in [3.63, 3.8) is 0 Å². The third-order valence-corrected chi connectivity index (χ3v) is 4.25. The van der Waals surface area contributed by atoms with Crippen molar-refractivity contribution in [1.29, 1.82) is 5.26 Å². The summed E-state index contributed by atoms with van der Waals surface area (Å²) in [6.45, 7) is 4.53. The number of nitrogens with zero attached hydrogens (tertiary/aromatic N) is 2. The van der Waals surface area contributed by atoms with Gasteiger partial charge in [0.2, 0.25) is 0 Å². The van der Waals surface area contributed by atoms with Gasteiger partial charge in [-0.15, -0.1) is 0 Å². The molecule has 1 N–H and O–H groups in total. The fourth-order valence-electron chi connectivity index (χ4n) is 3.28. The molecule has 0 bridgehead atoms. The van der Waals surface area contributed by atoms with Crippen molar-refractivity contribution in [3.05, 3.63) is 0 Å². The maximum Gasteiger partial charge on any atom is 0.0638 e. The van der Waals surface area contributed by atoms with E-state index in [9.17, 15) is 0 Å². The van der Waals surface area contributed by atoms with Crippen LogP contribution in [0, 0.1) is 11.3 Å². The van der Waals surface area contributed by atoms with Crippen LogP contribution in [0.4, 0.5) is 0 Å². The first-order valence-corrected chi connectivity index (χ1v) is 7.16. The van der Waals surface area contributed by atoms with Crippen LogP contribution in [0.5, 0.6) is 0 Å². The van der Waals surface area contributed by atoms with Gasteiger partial charge in [0.25, 0.3) is 0 Å². The van der Waals surface area contributed by atoms with Gasteiger partial charge in [-0.1, -0.05) is 19.3 Å². The van der Waals surface area contributed by atoms with Crippen LogP contribution in [0.25, 0.3) is 0 Å². The summed E-state index contributed by atoms with van der Waals surface area (Å²) in [5.41, 5.74) is 0.